The monoisotopic (exact) mass is 291 g/mol. The fourth-order valence-electron chi connectivity index (χ4n) is 2.24. The van der Waals surface area contributed by atoms with Crippen LogP contribution < -0.4 is 4.74 Å². The zero-order chi connectivity index (χ0) is 15.6. The lowest BCUT2D eigenvalue weighted by Gasteiger charge is -2.16. The van der Waals surface area contributed by atoms with Crippen LogP contribution in [0.1, 0.15) is 29.5 Å². The number of carbonyl (C=O) groups excluding carboxylic acids is 1. The SMILES string of the molecule is COc1cccc2c(C)c(C(=O)N(C)CCC(C)O)oc12. The summed E-state index contributed by atoms with van der Waals surface area (Å²) < 4.78 is 11.0. The van der Waals surface area contributed by atoms with E-state index in [1.165, 1.54) is 0 Å². The van der Waals surface area contributed by atoms with Crippen LogP contribution in [0.2, 0.25) is 0 Å². The summed E-state index contributed by atoms with van der Waals surface area (Å²) in [6, 6.07) is 5.58. The van der Waals surface area contributed by atoms with E-state index in [-0.39, 0.29) is 5.91 Å². The summed E-state index contributed by atoms with van der Waals surface area (Å²) in [5, 5.41) is 10.2. The smallest absolute Gasteiger partial charge is 0.289 e. The number of aryl methyl sites for hydroxylation is 1. The van der Waals surface area contributed by atoms with Gasteiger partial charge in [0.2, 0.25) is 0 Å². The van der Waals surface area contributed by atoms with Crippen LogP contribution in [0.5, 0.6) is 5.75 Å². The summed E-state index contributed by atoms with van der Waals surface area (Å²) in [6.07, 6.45) is 0.0993. The number of carbonyl (C=O) groups is 1. The molecule has 0 fully saturated rings. The van der Waals surface area contributed by atoms with Crippen LogP contribution in [0, 0.1) is 6.92 Å². The van der Waals surface area contributed by atoms with Crippen LogP contribution in [-0.2, 0) is 0 Å². The van der Waals surface area contributed by atoms with Gasteiger partial charge in [0.05, 0.1) is 13.2 Å². The lowest BCUT2D eigenvalue weighted by Crippen LogP contribution is -2.29. The summed E-state index contributed by atoms with van der Waals surface area (Å²) in [5.74, 6) is 0.746. The molecule has 21 heavy (non-hydrogen) atoms. The molecule has 1 aromatic heterocycles. The number of aliphatic hydroxyl groups excluding tert-OH is 1. The van der Waals surface area contributed by atoms with Gasteiger partial charge in [0.15, 0.2) is 17.1 Å². The fraction of sp³-hybridized carbons (Fsp3) is 0.438. The molecular formula is C16H21NO4. The predicted molar refractivity (Wildman–Crippen MR) is 80.8 cm³/mol. The van der Waals surface area contributed by atoms with Crippen molar-refractivity contribution in [3.8, 4) is 5.75 Å². The van der Waals surface area contributed by atoms with Gasteiger partial charge in [-0.1, -0.05) is 12.1 Å². The van der Waals surface area contributed by atoms with Gasteiger partial charge < -0.3 is 19.2 Å². The number of hydrogen-bond acceptors (Lipinski definition) is 4. The molecule has 0 saturated heterocycles. The quantitative estimate of drug-likeness (QED) is 0.919. The Morgan fingerprint density at radius 1 is 1.48 bits per heavy atom. The van der Waals surface area contributed by atoms with E-state index >= 15 is 0 Å². The Bertz CT molecular complexity index is 645. The van der Waals surface area contributed by atoms with E-state index in [1.807, 2.05) is 19.1 Å². The summed E-state index contributed by atoms with van der Waals surface area (Å²) in [4.78, 5) is 14.0. The molecule has 0 bridgehead atoms. The molecule has 5 heteroatoms. The van der Waals surface area contributed by atoms with Crippen LogP contribution in [0.15, 0.2) is 22.6 Å². The average molecular weight is 291 g/mol. The normalized spacial score (nSPS) is 12.4. The highest BCUT2D eigenvalue weighted by atomic mass is 16.5. The van der Waals surface area contributed by atoms with Crippen molar-refractivity contribution in [1.82, 2.24) is 4.90 Å². The molecule has 0 spiro atoms. The Balaban J connectivity index is 2.33. The van der Waals surface area contributed by atoms with Gasteiger partial charge >= 0.3 is 0 Å². The standard InChI is InChI=1S/C16H21NO4/c1-10(18)8-9-17(3)16(19)14-11(2)12-6-5-7-13(20-4)15(12)21-14/h5-7,10,18H,8-9H2,1-4H3. The maximum absolute atomic E-state index is 12.5. The number of methoxy groups -OCH3 is 1. The Hall–Kier alpha value is -2.01. The number of benzene rings is 1. The minimum absolute atomic E-state index is 0.189. The maximum atomic E-state index is 12.5. The number of ether oxygens (including phenoxy) is 1. The highest BCUT2D eigenvalue weighted by molar-refractivity contribution is 6.00. The predicted octanol–water partition coefficient (Wildman–Crippen LogP) is 2.59. The van der Waals surface area contributed by atoms with Crippen molar-refractivity contribution in [2.24, 2.45) is 0 Å². The van der Waals surface area contributed by atoms with Gasteiger partial charge in [-0.3, -0.25) is 4.79 Å². The molecule has 114 valence electrons. The first-order valence-corrected chi connectivity index (χ1v) is 6.95. The second-order valence-electron chi connectivity index (χ2n) is 5.26. The van der Waals surface area contributed by atoms with E-state index in [9.17, 15) is 9.90 Å². The molecule has 1 amide bonds. The minimum Gasteiger partial charge on any atom is -0.493 e. The summed E-state index contributed by atoms with van der Waals surface area (Å²) >= 11 is 0. The van der Waals surface area contributed by atoms with Gasteiger partial charge in [-0.2, -0.15) is 0 Å². The van der Waals surface area contributed by atoms with Crippen molar-refractivity contribution in [1.29, 1.82) is 0 Å². The molecule has 1 heterocycles. The summed E-state index contributed by atoms with van der Waals surface area (Å²) in [6.45, 7) is 4.04. The first-order valence-electron chi connectivity index (χ1n) is 6.95. The van der Waals surface area contributed by atoms with E-state index in [4.69, 9.17) is 9.15 Å². The number of aliphatic hydroxyl groups is 1. The van der Waals surface area contributed by atoms with Crippen LogP contribution in [0.3, 0.4) is 0 Å². The Labute approximate surface area is 124 Å². The van der Waals surface area contributed by atoms with Crippen molar-refractivity contribution in [2.45, 2.75) is 26.4 Å². The Morgan fingerprint density at radius 3 is 2.81 bits per heavy atom. The number of furan rings is 1. The Kier molecular flexibility index (Phi) is 4.53. The van der Waals surface area contributed by atoms with E-state index in [0.29, 0.717) is 30.1 Å². The topological polar surface area (TPSA) is 62.9 Å². The van der Waals surface area contributed by atoms with Gasteiger partial charge in [0.25, 0.3) is 5.91 Å². The molecule has 0 aliphatic rings. The van der Waals surface area contributed by atoms with Gasteiger partial charge in [0.1, 0.15) is 0 Å². The van der Waals surface area contributed by atoms with Crippen molar-refractivity contribution in [2.75, 3.05) is 20.7 Å². The first-order chi connectivity index (χ1) is 9.95. The third kappa shape index (κ3) is 3.03. The third-order valence-corrected chi connectivity index (χ3v) is 3.57. The van der Waals surface area contributed by atoms with Gasteiger partial charge in [-0.05, 0) is 26.3 Å². The largest absolute Gasteiger partial charge is 0.493 e. The second kappa shape index (κ2) is 6.18. The van der Waals surface area contributed by atoms with Gasteiger partial charge in [0, 0.05) is 24.5 Å². The molecule has 1 unspecified atom stereocenters. The molecule has 5 nitrogen and oxygen atoms in total. The van der Waals surface area contributed by atoms with E-state index in [2.05, 4.69) is 0 Å². The first kappa shape index (κ1) is 15.4. The zero-order valence-electron chi connectivity index (χ0n) is 12.8. The van der Waals surface area contributed by atoms with Crippen LogP contribution in [-0.4, -0.2) is 42.7 Å². The molecule has 0 aliphatic heterocycles. The molecule has 2 rings (SSSR count). The number of rotatable bonds is 5. The number of fused-ring (bicyclic) bond motifs is 1. The van der Waals surface area contributed by atoms with E-state index in [0.717, 1.165) is 10.9 Å². The van der Waals surface area contributed by atoms with Gasteiger partial charge in [-0.15, -0.1) is 0 Å². The number of hydrogen-bond donors (Lipinski definition) is 1. The van der Waals surface area contributed by atoms with Crippen molar-refractivity contribution in [3.63, 3.8) is 0 Å². The summed E-state index contributed by atoms with van der Waals surface area (Å²) in [7, 11) is 3.28. The van der Waals surface area contributed by atoms with Crippen LogP contribution in [0.25, 0.3) is 11.0 Å². The lowest BCUT2D eigenvalue weighted by atomic mass is 10.1. The van der Waals surface area contributed by atoms with Crippen LogP contribution in [0.4, 0.5) is 0 Å². The zero-order valence-corrected chi connectivity index (χ0v) is 12.8. The molecule has 0 aliphatic carbocycles. The molecule has 1 N–H and O–H groups in total. The van der Waals surface area contributed by atoms with Crippen molar-refractivity contribution >= 4 is 16.9 Å². The average Bonchev–Trinajstić information content (AvgIpc) is 2.81. The molecule has 2 aromatic rings. The number of para-hydroxylation sites is 1. The van der Waals surface area contributed by atoms with Crippen LogP contribution >= 0.6 is 0 Å². The van der Waals surface area contributed by atoms with Crippen molar-refractivity contribution < 1.29 is 19.1 Å². The van der Waals surface area contributed by atoms with E-state index < -0.39 is 6.10 Å². The maximum Gasteiger partial charge on any atom is 0.289 e. The fourth-order valence-corrected chi connectivity index (χ4v) is 2.24. The van der Waals surface area contributed by atoms with Crippen molar-refractivity contribution in [3.05, 3.63) is 29.5 Å². The second-order valence-corrected chi connectivity index (χ2v) is 5.26. The lowest BCUT2D eigenvalue weighted by molar-refractivity contribution is 0.0739. The highest BCUT2D eigenvalue weighted by Crippen LogP contribution is 2.32. The molecule has 0 saturated carbocycles. The number of nitrogens with zero attached hydrogens (tertiary/aromatic N) is 1. The minimum atomic E-state index is -0.433. The molecule has 1 atom stereocenters. The highest BCUT2D eigenvalue weighted by Gasteiger charge is 2.22. The van der Waals surface area contributed by atoms with Gasteiger partial charge in [-0.25, -0.2) is 0 Å². The number of amides is 1. The Morgan fingerprint density at radius 2 is 2.19 bits per heavy atom. The van der Waals surface area contributed by atoms with E-state index in [1.54, 1.807) is 32.0 Å². The molecule has 1 aromatic carbocycles. The molecule has 0 radical (unpaired) electrons. The third-order valence-electron chi connectivity index (χ3n) is 3.57. The molecular weight excluding hydrogens is 270 g/mol. The summed E-state index contributed by atoms with van der Waals surface area (Å²) in [5.41, 5.74) is 1.39.